The molecule has 0 saturated carbocycles. The van der Waals surface area contributed by atoms with E-state index in [-0.39, 0.29) is 10.8 Å². The van der Waals surface area contributed by atoms with Crippen molar-refractivity contribution >= 4 is 15.9 Å². The van der Waals surface area contributed by atoms with Crippen molar-refractivity contribution < 1.29 is 13.2 Å². The van der Waals surface area contributed by atoms with Crippen molar-refractivity contribution in [2.45, 2.75) is 39.0 Å². The Kier molecular flexibility index (Phi) is 8.38. The number of nitrogens with zero attached hydrogens (tertiary/aromatic N) is 1. The van der Waals surface area contributed by atoms with Crippen LogP contribution in [0.25, 0.3) is 0 Å². The highest BCUT2D eigenvalue weighted by molar-refractivity contribution is 7.89. The van der Waals surface area contributed by atoms with E-state index in [1.165, 1.54) is 10.4 Å². The van der Waals surface area contributed by atoms with E-state index in [4.69, 9.17) is 0 Å². The lowest BCUT2D eigenvalue weighted by atomic mass is 10.1. The van der Waals surface area contributed by atoms with Gasteiger partial charge in [0.05, 0.1) is 4.90 Å². The van der Waals surface area contributed by atoms with Crippen molar-refractivity contribution in [3.63, 3.8) is 0 Å². The minimum Gasteiger partial charge on any atom is -0.351 e. The number of carbonyl (C=O) groups is 1. The fourth-order valence-electron chi connectivity index (χ4n) is 2.38. The lowest BCUT2D eigenvalue weighted by molar-refractivity contribution is 0.0953. The smallest absolute Gasteiger partial charge is 0.251 e. The van der Waals surface area contributed by atoms with Gasteiger partial charge in [0.15, 0.2) is 0 Å². The Balaban J connectivity index is 2.92. The molecule has 0 unspecified atom stereocenters. The summed E-state index contributed by atoms with van der Waals surface area (Å²) in [4.78, 5) is 12.5. The van der Waals surface area contributed by atoms with E-state index in [2.05, 4.69) is 17.6 Å². The zero-order chi connectivity index (χ0) is 18.2. The van der Waals surface area contributed by atoms with Crippen LogP contribution in [0.2, 0.25) is 0 Å². The molecule has 1 aromatic carbocycles. The maximum atomic E-state index is 12.6. The molecule has 24 heavy (non-hydrogen) atoms. The van der Waals surface area contributed by atoms with Gasteiger partial charge in [0.25, 0.3) is 5.91 Å². The van der Waals surface area contributed by atoms with Gasteiger partial charge in [-0.25, -0.2) is 8.42 Å². The first-order valence-electron chi connectivity index (χ1n) is 8.48. The molecule has 0 heterocycles. The number of nitrogens with one attached hydrogen (secondary N) is 2. The predicted molar refractivity (Wildman–Crippen MR) is 96.8 cm³/mol. The van der Waals surface area contributed by atoms with E-state index in [1.54, 1.807) is 32.9 Å². The highest BCUT2D eigenvalue weighted by atomic mass is 32.2. The van der Waals surface area contributed by atoms with Gasteiger partial charge in [-0.15, -0.1) is 0 Å². The van der Waals surface area contributed by atoms with Crippen molar-refractivity contribution in [2.75, 3.05) is 32.7 Å². The molecule has 2 N–H and O–H groups in total. The standard InChI is InChI=1S/C17H29N3O3S/c1-5-10-18-11-12-19-17(21)16-13-15(9-8-14(16)4)24(22,23)20(6-2)7-3/h8-9,13,18H,5-7,10-12H2,1-4H3,(H,19,21). The lowest BCUT2D eigenvalue weighted by Crippen LogP contribution is -2.33. The zero-order valence-electron chi connectivity index (χ0n) is 15.1. The third kappa shape index (κ3) is 5.29. The quantitative estimate of drug-likeness (QED) is 0.627. The maximum Gasteiger partial charge on any atom is 0.251 e. The van der Waals surface area contributed by atoms with Crippen molar-refractivity contribution in [3.05, 3.63) is 29.3 Å². The summed E-state index contributed by atoms with van der Waals surface area (Å²) in [5, 5.41) is 6.03. The predicted octanol–water partition coefficient (Wildman–Crippen LogP) is 1.75. The van der Waals surface area contributed by atoms with Crippen molar-refractivity contribution in [2.24, 2.45) is 0 Å². The molecule has 136 valence electrons. The molecular weight excluding hydrogens is 326 g/mol. The van der Waals surface area contributed by atoms with Gasteiger partial charge in [-0.1, -0.05) is 26.8 Å². The first-order valence-corrected chi connectivity index (χ1v) is 9.92. The lowest BCUT2D eigenvalue weighted by Gasteiger charge is -2.19. The number of aryl methyl sites for hydroxylation is 1. The number of benzene rings is 1. The summed E-state index contributed by atoms with van der Waals surface area (Å²) in [5.41, 5.74) is 1.16. The number of rotatable bonds is 10. The Bertz CT molecular complexity index is 640. The third-order valence-electron chi connectivity index (χ3n) is 3.81. The summed E-state index contributed by atoms with van der Waals surface area (Å²) in [6, 6.07) is 4.71. The summed E-state index contributed by atoms with van der Waals surface area (Å²) in [7, 11) is -3.57. The Morgan fingerprint density at radius 2 is 1.75 bits per heavy atom. The summed E-state index contributed by atoms with van der Waals surface area (Å²) >= 11 is 0. The summed E-state index contributed by atoms with van der Waals surface area (Å²) in [6.07, 6.45) is 1.04. The van der Waals surface area contributed by atoms with Crippen LogP contribution in [0, 0.1) is 6.92 Å². The average Bonchev–Trinajstić information content (AvgIpc) is 2.55. The first kappa shape index (κ1) is 20.6. The fourth-order valence-corrected chi connectivity index (χ4v) is 3.86. The number of amides is 1. The van der Waals surface area contributed by atoms with E-state index in [9.17, 15) is 13.2 Å². The minimum absolute atomic E-state index is 0.158. The minimum atomic E-state index is -3.57. The Hall–Kier alpha value is -1.44. The second-order valence-electron chi connectivity index (χ2n) is 5.57. The molecule has 1 aromatic rings. The fraction of sp³-hybridized carbons (Fsp3) is 0.588. The van der Waals surface area contributed by atoms with Crippen molar-refractivity contribution in [1.29, 1.82) is 0 Å². The molecule has 7 heteroatoms. The molecule has 0 spiro atoms. The van der Waals surface area contributed by atoms with Gasteiger partial charge >= 0.3 is 0 Å². The molecular formula is C17H29N3O3S. The second-order valence-corrected chi connectivity index (χ2v) is 7.51. The Labute approximate surface area is 145 Å². The summed E-state index contributed by atoms with van der Waals surface area (Å²) < 4.78 is 26.6. The molecule has 0 aliphatic rings. The van der Waals surface area contributed by atoms with Crippen LogP contribution in [0.15, 0.2) is 23.1 Å². The monoisotopic (exact) mass is 355 g/mol. The summed E-state index contributed by atoms with van der Waals surface area (Å²) in [6.45, 7) is 10.4. The maximum absolute atomic E-state index is 12.6. The molecule has 0 bridgehead atoms. The van der Waals surface area contributed by atoms with Crippen LogP contribution in [-0.2, 0) is 10.0 Å². The number of hydrogen-bond acceptors (Lipinski definition) is 4. The largest absolute Gasteiger partial charge is 0.351 e. The van der Waals surface area contributed by atoms with E-state index in [0.717, 1.165) is 18.5 Å². The molecule has 0 saturated heterocycles. The highest BCUT2D eigenvalue weighted by Gasteiger charge is 2.23. The Morgan fingerprint density at radius 3 is 2.33 bits per heavy atom. The second kappa shape index (κ2) is 9.76. The van der Waals surface area contributed by atoms with Gasteiger partial charge in [-0.2, -0.15) is 4.31 Å². The third-order valence-corrected chi connectivity index (χ3v) is 5.86. The number of sulfonamides is 1. The van der Waals surface area contributed by atoms with Crippen LogP contribution in [0.1, 0.15) is 43.1 Å². The average molecular weight is 356 g/mol. The SMILES string of the molecule is CCCNCCNC(=O)c1cc(S(=O)(=O)N(CC)CC)ccc1C. The van der Waals surface area contributed by atoms with E-state index < -0.39 is 10.0 Å². The molecule has 0 aliphatic heterocycles. The molecule has 0 fully saturated rings. The molecule has 0 atom stereocenters. The molecule has 1 amide bonds. The summed E-state index contributed by atoms with van der Waals surface area (Å²) in [5.74, 6) is -0.248. The van der Waals surface area contributed by atoms with E-state index in [1.807, 2.05) is 0 Å². The van der Waals surface area contributed by atoms with Gasteiger partial charge in [-0.3, -0.25) is 4.79 Å². The topological polar surface area (TPSA) is 78.5 Å². The van der Waals surface area contributed by atoms with Gasteiger partial charge < -0.3 is 10.6 Å². The Morgan fingerprint density at radius 1 is 1.08 bits per heavy atom. The van der Waals surface area contributed by atoms with Crippen molar-refractivity contribution in [1.82, 2.24) is 14.9 Å². The number of carbonyl (C=O) groups excluding carboxylic acids is 1. The van der Waals surface area contributed by atoms with Crippen LogP contribution >= 0.6 is 0 Å². The van der Waals surface area contributed by atoms with Crippen LogP contribution in [0.5, 0.6) is 0 Å². The van der Waals surface area contributed by atoms with Gasteiger partial charge in [0.2, 0.25) is 10.0 Å². The normalized spacial score (nSPS) is 11.7. The number of hydrogen-bond donors (Lipinski definition) is 2. The van der Waals surface area contributed by atoms with Crippen LogP contribution in [-0.4, -0.2) is 51.4 Å². The van der Waals surface area contributed by atoms with Gasteiger partial charge in [0.1, 0.15) is 0 Å². The first-order chi connectivity index (χ1) is 11.4. The molecule has 0 aromatic heterocycles. The van der Waals surface area contributed by atoms with Gasteiger partial charge in [0, 0.05) is 31.7 Å². The van der Waals surface area contributed by atoms with Gasteiger partial charge in [-0.05, 0) is 37.6 Å². The molecule has 0 radical (unpaired) electrons. The van der Waals surface area contributed by atoms with Crippen LogP contribution in [0.4, 0.5) is 0 Å². The highest BCUT2D eigenvalue weighted by Crippen LogP contribution is 2.19. The van der Waals surface area contributed by atoms with Crippen LogP contribution in [0.3, 0.4) is 0 Å². The van der Waals surface area contributed by atoms with Crippen molar-refractivity contribution in [3.8, 4) is 0 Å². The zero-order valence-corrected chi connectivity index (χ0v) is 15.9. The molecule has 0 aliphatic carbocycles. The van der Waals surface area contributed by atoms with E-state index >= 15 is 0 Å². The molecule has 6 nitrogen and oxygen atoms in total. The van der Waals surface area contributed by atoms with E-state index in [0.29, 0.717) is 31.7 Å². The molecule has 1 rings (SSSR count). The van der Waals surface area contributed by atoms with Crippen LogP contribution < -0.4 is 10.6 Å².